The first-order valence-electron chi connectivity index (χ1n) is 5.73. The van der Waals surface area contributed by atoms with Crippen LogP contribution in [-0.2, 0) is 0 Å². The molecule has 0 N–H and O–H groups in total. The molecule has 1 fully saturated rings. The Balaban J connectivity index is 2.34. The number of rotatable bonds is 2. The van der Waals surface area contributed by atoms with Gasteiger partial charge in [-0.3, -0.25) is 9.69 Å². The van der Waals surface area contributed by atoms with E-state index in [0.29, 0.717) is 15.8 Å². The summed E-state index contributed by atoms with van der Waals surface area (Å²) in [6.45, 7) is 4.15. The van der Waals surface area contributed by atoms with E-state index in [-0.39, 0.29) is 22.3 Å². The van der Waals surface area contributed by atoms with Gasteiger partial charge in [0.1, 0.15) is 14.6 Å². The van der Waals surface area contributed by atoms with Crippen LogP contribution in [0.15, 0.2) is 12.1 Å². The third-order valence-corrected chi connectivity index (χ3v) is 4.79. The minimum Gasteiger partial charge on any atom is -0.289 e. The van der Waals surface area contributed by atoms with Crippen molar-refractivity contribution < 1.29 is 4.79 Å². The molecule has 19 heavy (non-hydrogen) atoms. The Morgan fingerprint density at radius 3 is 2.58 bits per heavy atom. The van der Waals surface area contributed by atoms with Crippen molar-refractivity contribution in [2.75, 3.05) is 5.75 Å². The van der Waals surface area contributed by atoms with Gasteiger partial charge in [0, 0.05) is 11.3 Å². The number of hydrogen-bond acceptors (Lipinski definition) is 4. The van der Waals surface area contributed by atoms with Crippen LogP contribution < -0.4 is 0 Å². The van der Waals surface area contributed by atoms with Crippen molar-refractivity contribution in [3.8, 4) is 0 Å². The first-order valence-corrected chi connectivity index (χ1v) is 7.88. The lowest BCUT2D eigenvalue weighted by molar-refractivity contribution is 0.0800. The molecule has 7 heteroatoms. The number of carbonyl (C=O) groups is 1. The van der Waals surface area contributed by atoms with Gasteiger partial charge in [-0.15, -0.1) is 0 Å². The second-order valence-corrected chi connectivity index (χ2v) is 6.99. The first-order chi connectivity index (χ1) is 8.90. The van der Waals surface area contributed by atoms with E-state index in [4.69, 9.17) is 35.4 Å². The Morgan fingerprint density at radius 1 is 1.47 bits per heavy atom. The lowest BCUT2D eigenvalue weighted by Crippen LogP contribution is -2.41. The number of halogens is 2. The van der Waals surface area contributed by atoms with Crippen molar-refractivity contribution in [1.29, 1.82) is 0 Å². The van der Waals surface area contributed by atoms with Crippen molar-refractivity contribution in [3.05, 3.63) is 28.0 Å². The minimum atomic E-state index is -0.167. The molecule has 2 rings (SSSR count). The van der Waals surface area contributed by atoms with Gasteiger partial charge in [-0.05, 0) is 18.1 Å². The Kier molecular flexibility index (Phi) is 4.71. The topological polar surface area (TPSA) is 33.2 Å². The predicted molar refractivity (Wildman–Crippen MR) is 84.1 cm³/mol. The fourth-order valence-corrected chi connectivity index (χ4v) is 3.98. The molecule has 0 saturated carbocycles. The first kappa shape index (κ1) is 15.0. The van der Waals surface area contributed by atoms with Crippen LogP contribution in [0, 0.1) is 5.92 Å². The number of carbonyl (C=O) groups excluding carboxylic acids is 1. The summed E-state index contributed by atoms with van der Waals surface area (Å²) >= 11 is 18.5. The van der Waals surface area contributed by atoms with Crippen LogP contribution in [0.3, 0.4) is 0 Å². The number of thioether (sulfide) groups is 1. The van der Waals surface area contributed by atoms with Gasteiger partial charge in [0.15, 0.2) is 0 Å². The summed E-state index contributed by atoms with van der Waals surface area (Å²) in [7, 11) is 0. The third-order valence-electron chi connectivity index (χ3n) is 2.90. The molecular weight excluding hydrogens is 323 g/mol. The number of hydrogen-bond donors (Lipinski definition) is 0. The van der Waals surface area contributed by atoms with E-state index < -0.39 is 0 Å². The maximum atomic E-state index is 12.6. The second kappa shape index (κ2) is 5.95. The summed E-state index contributed by atoms with van der Waals surface area (Å²) in [5, 5.41) is 0.407. The zero-order chi connectivity index (χ0) is 14.2. The fraction of sp³-hybridized carbons (Fsp3) is 0.417. The molecule has 1 saturated heterocycles. The van der Waals surface area contributed by atoms with Gasteiger partial charge in [-0.1, -0.05) is 61.0 Å². The molecule has 1 amide bonds. The summed E-state index contributed by atoms with van der Waals surface area (Å²) in [6.07, 6.45) is 0. The standard InChI is InChI=1S/C12H12Cl2N2OS2/c1-6(2)8-5-19-12(18)16(8)11(17)7-3-9(13)15-10(14)4-7/h3-4,6,8H,5H2,1-2H3/t8-/m1/s1. The van der Waals surface area contributed by atoms with Crippen molar-refractivity contribution in [2.24, 2.45) is 5.92 Å². The average Bonchev–Trinajstić information content (AvgIpc) is 2.69. The number of aromatic nitrogens is 1. The maximum absolute atomic E-state index is 12.6. The highest BCUT2D eigenvalue weighted by atomic mass is 35.5. The summed E-state index contributed by atoms with van der Waals surface area (Å²) in [6, 6.07) is 3.13. The molecule has 2 heterocycles. The Bertz CT molecular complexity index is 516. The van der Waals surface area contributed by atoms with Crippen LogP contribution >= 0.6 is 47.2 Å². The Hall–Kier alpha value is -0.360. The number of pyridine rings is 1. The SMILES string of the molecule is CC(C)[C@H]1CSC(=S)N1C(=O)c1cc(Cl)nc(Cl)c1. The predicted octanol–water partition coefficient (Wildman–Crippen LogP) is 3.89. The normalized spacial score (nSPS) is 19.3. The molecule has 1 aliphatic heterocycles. The zero-order valence-corrected chi connectivity index (χ0v) is 13.5. The van der Waals surface area contributed by atoms with Crippen molar-refractivity contribution in [3.63, 3.8) is 0 Å². The molecule has 0 unspecified atom stereocenters. The lowest BCUT2D eigenvalue weighted by atomic mass is 10.0. The van der Waals surface area contributed by atoms with Crippen LogP contribution in [0.2, 0.25) is 10.3 Å². The van der Waals surface area contributed by atoms with Crippen LogP contribution in [0.4, 0.5) is 0 Å². The van der Waals surface area contributed by atoms with Crippen LogP contribution in [0.5, 0.6) is 0 Å². The van der Waals surface area contributed by atoms with E-state index >= 15 is 0 Å². The van der Waals surface area contributed by atoms with Crippen molar-refractivity contribution >= 4 is 57.4 Å². The summed E-state index contributed by atoms with van der Waals surface area (Å²) < 4.78 is 0.604. The van der Waals surface area contributed by atoms with Crippen LogP contribution in [-0.4, -0.2) is 31.9 Å². The van der Waals surface area contributed by atoms with E-state index in [2.05, 4.69) is 18.8 Å². The van der Waals surface area contributed by atoms with E-state index in [1.165, 1.54) is 23.9 Å². The summed E-state index contributed by atoms with van der Waals surface area (Å²) in [4.78, 5) is 18.1. The highest BCUT2D eigenvalue weighted by molar-refractivity contribution is 8.23. The molecule has 1 aromatic rings. The van der Waals surface area contributed by atoms with Gasteiger partial charge in [-0.25, -0.2) is 4.98 Å². The van der Waals surface area contributed by atoms with Gasteiger partial charge >= 0.3 is 0 Å². The number of nitrogens with zero attached hydrogens (tertiary/aromatic N) is 2. The van der Waals surface area contributed by atoms with E-state index in [1.807, 2.05) is 0 Å². The molecule has 0 aromatic carbocycles. The highest BCUT2D eigenvalue weighted by Gasteiger charge is 2.36. The van der Waals surface area contributed by atoms with Gasteiger partial charge in [-0.2, -0.15) is 0 Å². The number of thiocarbonyl (C=S) groups is 1. The molecule has 0 bridgehead atoms. The zero-order valence-electron chi connectivity index (χ0n) is 10.4. The van der Waals surface area contributed by atoms with Crippen LogP contribution in [0.25, 0.3) is 0 Å². The van der Waals surface area contributed by atoms with Crippen molar-refractivity contribution in [2.45, 2.75) is 19.9 Å². The number of amides is 1. The summed E-state index contributed by atoms with van der Waals surface area (Å²) in [5.41, 5.74) is 0.417. The molecule has 0 radical (unpaired) electrons. The van der Waals surface area contributed by atoms with Crippen LogP contribution in [0.1, 0.15) is 24.2 Å². The molecule has 1 aliphatic rings. The minimum absolute atomic E-state index is 0.107. The quantitative estimate of drug-likeness (QED) is 0.606. The molecule has 1 atom stereocenters. The second-order valence-electron chi connectivity index (χ2n) is 4.56. The summed E-state index contributed by atoms with van der Waals surface area (Å²) in [5.74, 6) is 0.999. The molecule has 1 aromatic heterocycles. The average molecular weight is 335 g/mol. The molecule has 102 valence electrons. The molecule has 3 nitrogen and oxygen atoms in total. The lowest BCUT2D eigenvalue weighted by Gasteiger charge is -2.26. The fourth-order valence-electron chi connectivity index (χ4n) is 1.89. The Labute approximate surface area is 131 Å². The monoisotopic (exact) mass is 334 g/mol. The van der Waals surface area contributed by atoms with Gasteiger partial charge in [0.25, 0.3) is 5.91 Å². The molecule has 0 aliphatic carbocycles. The van der Waals surface area contributed by atoms with Gasteiger partial charge in [0.2, 0.25) is 0 Å². The van der Waals surface area contributed by atoms with Gasteiger partial charge < -0.3 is 0 Å². The van der Waals surface area contributed by atoms with Gasteiger partial charge in [0.05, 0.1) is 6.04 Å². The smallest absolute Gasteiger partial charge is 0.259 e. The highest BCUT2D eigenvalue weighted by Crippen LogP contribution is 2.31. The third kappa shape index (κ3) is 3.21. The molecule has 0 spiro atoms. The largest absolute Gasteiger partial charge is 0.289 e. The molecular formula is C12H12Cl2N2OS2. The van der Waals surface area contributed by atoms with E-state index in [1.54, 1.807) is 4.90 Å². The van der Waals surface area contributed by atoms with Crippen molar-refractivity contribution in [1.82, 2.24) is 9.88 Å². The van der Waals surface area contributed by atoms with E-state index in [9.17, 15) is 4.79 Å². The Morgan fingerprint density at radius 2 is 2.05 bits per heavy atom. The van der Waals surface area contributed by atoms with E-state index in [0.717, 1.165) is 5.75 Å². The maximum Gasteiger partial charge on any atom is 0.259 e.